The maximum Gasteiger partial charge on any atom is 0.225 e. The van der Waals surface area contributed by atoms with Gasteiger partial charge in [0.15, 0.2) is 0 Å². The van der Waals surface area contributed by atoms with E-state index in [1.54, 1.807) is 13.8 Å². The van der Waals surface area contributed by atoms with Crippen molar-refractivity contribution >= 4 is 5.91 Å². The van der Waals surface area contributed by atoms with E-state index in [-0.39, 0.29) is 18.4 Å². The summed E-state index contributed by atoms with van der Waals surface area (Å²) in [5, 5.41) is 9.87. The molecule has 1 spiro atoms. The second kappa shape index (κ2) is 4.59. The number of amides is 1. The van der Waals surface area contributed by atoms with E-state index in [4.69, 9.17) is 0 Å². The maximum absolute atomic E-state index is 12.4. The van der Waals surface area contributed by atoms with Gasteiger partial charge in [0.1, 0.15) is 0 Å². The minimum absolute atomic E-state index is 0.0730. The molecule has 3 nitrogen and oxygen atoms in total. The normalized spacial score (nSPS) is 24.1. The fourth-order valence-corrected chi connectivity index (χ4v) is 3.67. The van der Waals surface area contributed by atoms with Gasteiger partial charge in [0.25, 0.3) is 0 Å². The predicted molar refractivity (Wildman–Crippen MR) is 78.1 cm³/mol. The molecule has 0 aromatic heterocycles. The van der Waals surface area contributed by atoms with Gasteiger partial charge in [-0.3, -0.25) is 4.79 Å². The van der Waals surface area contributed by atoms with E-state index < -0.39 is 5.60 Å². The third-order valence-corrected chi connectivity index (χ3v) is 4.75. The third kappa shape index (κ3) is 2.24. The number of aliphatic hydroxyl groups is 1. The van der Waals surface area contributed by atoms with E-state index in [0.29, 0.717) is 5.41 Å². The zero-order valence-electron chi connectivity index (χ0n) is 12.3. The quantitative estimate of drug-likeness (QED) is 0.920. The highest BCUT2D eigenvalue weighted by Crippen LogP contribution is 2.60. The largest absolute Gasteiger partial charge is 0.390 e. The van der Waals surface area contributed by atoms with Crippen molar-refractivity contribution in [1.29, 1.82) is 0 Å². The van der Waals surface area contributed by atoms with Crippen molar-refractivity contribution in [2.75, 3.05) is 6.54 Å². The van der Waals surface area contributed by atoms with Crippen LogP contribution in [0.25, 0.3) is 0 Å². The first kappa shape index (κ1) is 13.6. The Hall–Kier alpha value is -1.35. The highest BCUT2D eigenvalue weighted by Gasteiger charge is 2.57. The van der Waals surface area contributed by atoms with E-state index in [9.17, 15) is 9.90 Å². The summed E-state index contributed by atoms with van der Waals surface area (Å²) in [7, 11) is 0. The van der Waals surface area contributed by atoms with Crippen LogP contribution < -0.4 is 0 Å². The molecule has 20 heavy (non-hydrogen) atoms. The number of carbonyl (C=O) groups is 1. The van der Waals surface area contributed by atoms with Crippen molar-refractivity contribution in [2.45, 2.75) is 51.2 Å². The van der Waals surface area contributed by atoms with Gasteiger partial charge in [0.05, 0.1) is 18.1 Å². The Labute approximate surface area is 120 Å². The zero-order chi connectivity index (χ0) is 14.4. The lowest BCUT2D eigenvalue weighted by Crippen LogP contribution is -2.63. The molecule has 1 N–H and O–H groups in total. The van der Waals surface area contributed by atoms with Gasteiger partial charge in [-0.15, -0.1) is 0 Å². The van der Waals surface area contributed by atoms with Crippen LogP contribution in [0.2, 0.25) is 0 Å². The second-order valence-electron chi connectivity index (χ2n) is 7.04. The van der Waals surface area contributed by atoms with E-state index in [2.05, 4.69) is 12.1 Å². The Bertz CT molecular complexity index is 499. The Balaban J connectivity index is 1.81. The van der Waals surface area contributed by atoms with Gasteiger partial charge in [0.2, 0.25) is 5.91 Å². The molecule has 1 aliphatic carbocycles. The van der Waals surface area contributed by atoms with E-state index in [0.717, 1.165) is 6.54 Å². The van der Waals surface area contributed by atoms with Crippen LogP contribution in [0.4, 0.5) is 0 Å². The molecule has 1 heterocycles. The summed E-state index contributed by atoms with van der Waals surface area (Å²) in [5.41, 5.74) is 0.625. The van der Waals surface area contributed by atoms with E-state index in [1.807, 2.05) is 23.1 Å². The predicted octanol–water partition coefficient (Wildman–Crippen LogP) is 2.90. The van der Waals surface area contributed by atoms with Crippen LogP contribution >= 0.6 is 0 Å². The van der Waals surface area contributed by atoms with Gasteiger partial charge in [0, 0.05) is 12.0 Å². The molecule has 1 unspecified atom stereocenters. The first-order chi connectivity index (χ1) is 9.41. The maximum atomic E-state index is 12.4. The van der Waals surface area contributed by atoms with Crippen molar-refractivity contribution < 1.29 is 9.90 Å². The van der Waals surface area contributed by atoms with Crippen molar-refractivity contribution in [3.8, 4) is 0 Å². The summed E-state index contributed by atoms with van der Waals surface area (Å²) in [5.74, 6) is 0.0730. The molecular weight excluding hydrogens is 250 g/mol. The first-order valence-electron chi connectivity index (χ1n) is 7.48. The van der Waals surface area contributed by atoms with Crippen LogP contribution in [0.15, 0.2) is 30.3 Å². The second-order valence-corrected chi connectivity index (χ2v) is 7.04. The molecule has 0 radical (unpaired) electrons. The Morgan fingerprint density at radius 3 is 2.50 bits per heavy atom. The first-order valence-corrected chi connectivity index (χ1v) is 7.48. The van der Waals surface area contributed by atoms with Gasteiger partial charge in [-0.05, 0) is 32.3 Å². The highest BCUT2D eigenvalue weighted by atomic mass is 16.3. The molecule has 3 heteroatoms. The number of nitrogens with zero attached hydrogens (tertiary/aromatic N) is 1. The molecule has 1 amide bonds. The lowest BCUT2D eigenvalue weighted by Gasteiger charge is -2.62. The van der Waals surface area contributed by atoms with Crippen LogP contribution in [0.3, 0.4) is 0 Å². The average molecular weight is 273 g/mol. The topological polar surface area (TPSA) is 40.5 Å². The minimum Gasteiger partial charge on any atom is -0.390 e. The molecule has 2 aliphatic rings. The van der Waals surface area contributed by atoms with Gasteiger partial charge in [-0.2, -0.15) is 0 Å². The molecule has 1 saturated carbocycles. The molecular formula is C17H23NO2. The van der Waals surface area contributed by atoms with Gasteiger partial charge in [-0.1, -0.05) is 36.8 Å². The van der Waals surface area contributed by atoms with Crippen LogP contribution in [0.5, 0.6) is 0 Å². The molecule has 108 valence electrons. The molecule has 1 aliphatic heterocycles. The molecule has 1 aromatic rings. The number of rotatable bonds is 3. The Kier molecular flexibility index (Phi) is 3.13. The van der Waals surface area contributed by atoms with Crippen LogP contribution in [0.1, 0.15) is 51.1 Å². The number of carbonyl (C=O) groups excluding carboxylic acids is 1. The molecule has 0 bridgehead atoms. The highest BCUT2D eigenvalue weighted by molar-refractivity contribution is 5.79. The lowest BCUT2D eigenvalue weighted by molar-refractivity contribution is -0.172. The zero-order valence-corrected chi connectivity index (χ0v) is 12.3. The average Bonchev–Trinajstić information content (AvgIpc) is 2.24. The number of hydrogen-bond donors (Lipinski definition) is 1. The van der Waals surface area contributed by atoms with Crippen molar-refractivity contribution in [2.24, 2.45) is 5.41 Å². The van der Waals surface area contributed by atoms with Crippen molar-refractivity contribution in [3.05, 3.63) is 35.9 Å². The SMILES string of the molecule is CC(C)(O)CC(=O)N1CC2(CCC2)C1c1ccccc1. The Morgan fingerprint density at radius 1 is 1.35 bits per heavy atom. The Morgan fingerprint density at radius 2 is 2.00 bits per heavy atom. The van der Waals surface area contributed by atoms with Crippen molar-refractivity contribution in [1.82, 2.24) is 4.90 Å². The minimum atomic E-state index is -0.930. The third-order valence-electron chi connectivity index (χ3n) is 4.75. The molecule has 1 saturated heterocycles. The van der Waals surface area contributed by atoms with Crippen LogP contribution in [0, 0.1) is 5.41 Å². The van der Waals surface area contributed by atoms with Gasteiger partial charge < -0.3 is 10.0 Å². The fraction of sp³-hybridized carbons (Fsp3) is 0.588. The smallest absolute Gasteiger partial charge is 0.225 e. The van der Waals surface area contributed by atoms with Gasteiger partial charge >= 0.3 is 0 Å². The number of likely N-dealkylation sites (tertiary alicyclic amines) is 1. The molecule has 1 atom stereocenters. The summed E-state index contributed by atoms with van der Waals surface area (Å²) in [4.78, 5) is 14.4. The summed E-state index contributed by atoms with van der Waals surface area (Å²) >= 11 is 0. The summed E-state index contributed by atoms with van der Waals surface area (Å²) in [6, 6.07) is 10.5. The summed E-state index contributed by atoms with van der Waals surface area (Å²) < 4.78 is 0. The summed E-state index contributed by atoms with van der Waals surface area (Å²) in [6.45, 7) is 4.25. The standard InChI is InChI=1S/C17H23NO2/c1-16(2,20)11-14(19)18-12-17(9-6-10-17)15(18)13-7-4-3-5-8-13/h3-5,7-8,15,20H,6,9-12H2,1-2H3. The van der Waals surface area contributed by atoms with E-state index in [1.165, 1.54) is 24.8 Å². The molecule has 2 fully saturated rings. The lowest BCUT2D eigenvalue weighted by atomic mass is 9.56. The molecule has 3 rings (SSSR count). The summed E-state index contributed by atoms with van der Waals surface area (Å²) in [6.07, 6.45) is 3.92. The molecule has 1 aromatic carbocycles. The van der Waals surface area contributed by atoms with Crippen LogP contribution in [-0.2, 0) is 4.79 Å². The van der Waals surface area contributed by atoms with Crippen molar-refractivity contribution in [3.63, 3.8) is 0 Å². The van der Waals surface area contributed by atoms with E-state index >= 15 is 0 Å². The van der Waals surface area contributed by atoms with Gasteiger partial charge in [-0.25, -0.2) is 0 Å². The monoisotopic (exact) mass is 273 g/mol. The fourth-order valence-electron chi connectivity index (χ4n) is 3.67. The number of benzene rings is 1. The number of hydrogen-bond acceptors (Lipinski definition) is 2. The van der Waals surface area contributed by atoms with Crippen LogP contribution in [-0.4, -0.2) is 28.1 Å².